The van der Waals surface area contributed by atoms with Crippen LogP contribution in [0.2, 0.25) is 5.02 Å². The van der Waals surface area contributed by atoms with E-state index in [1.165, 1.54) is 6.08 Å². The first-order valence-electron chi connectivity index (χ1n) is 14.3. The highest BCUT2D eigenvalue weighted by atomic mass is 35.5. The van der Waals surface area contributed by atoms with E-state index in [9.17, 15) is 19.5 Å². The van der Waals surface area contributed by atoms with Crippen LogP contribution in [-0.2, 0) is 25.5 Å². The van der Waals surface area contributed by atoms with Gasteiger partial charge < -0.3 is 19.6 Å². The number of hydrogen-bond donors (Lipinski definition) is 1. The summed E-state index contributed by atoms with van der Waals surface area (Å²) in [7, 11) is 0. The Labute approximate surface area is 256 Å². The van der Waals surface area contributed by atoms with Gasteiger partial charge in [-0.2, -0.15) is 0 Å². The zero-order chi connectivity index (χ0) is 30.2. The van der Waals surface area contributed by atoms with E-state index in [2.05, 4.69) is 20.1 Å². The molecule has 2 aromatic carbocycles. The number of amides is 2. The molecule has 0 radical (unpaired) electrons. The summed E-state index contributed by atoms with van der Waals surface area (Å²) in [5, 5.41) is 11.0. The molecule has 3 aliphatic heterocycles. The summed E-state index contributed by atoms with van der Waals surface area (Å²) in [5.41, 5.74) is 2.31. The topological polar surface area (TPSA) is 87.2 Å². The molecule has 3 aliphatic rings. The number of rotatable bonds is 11. The van der Waals surface area contributed by atoms with Crippen LogP contribution in [0.3, 0.4) is 0 Å². The molecule has 9 heteroatoms. The smallest absolute Gasteiger partial charge is 0.311 e. The molecule has 7 nitrogen and oxygen atoms in total. The molecule has 5 rings (SSSR count). The summed E-state index contributed by atoms with van der Waals surface area (Å²) in [6.07, 6.45) is 4.18. The van der Waals surface area contributed by atoms with Gasteiger partial charge >= 0.3 is 5.97 Å². The number of benzene rings is 2. The first kappa shape index (κ1) is 30.4. The lowest BCUT2D eigenvalue weighted by molar-refractivity contribution is -0.154. The van der Waals surface area contributed by atoms with Gasteiger partial charge in [-0.15, -0.1) is 18.3 Å². The number of anilines is 1. The fourth-order valence-electron chi connectivity index (χ4n) is 7.31. The van der Waals surface area contributed by atoms with E-state index in [1.54, 1.807) is 33.7 Å². The van der Waals surface area contributed by atoms with E-state index in [0.717, 1.165) is 11.1 Å². The lowest BCUT2D eigenvalue weighted by atomic mass is 9.66. The number of nitrogens with zero attached hydrogens (tertiary/aromatic N) is 2. The van der Waals surface area contributed by atoms with Crippen LogP contribution in [0.1, 0.15) is 24.5 Å². The highest BCUT2D eigenvalue weighted by Gasteiger charge is 2.77. The van der Waals surface area contributed by atoms with E-state index in [-0.39, 0.29) is 42.7 Å². The number of aliphatic hydroxyl groups excluding tert-OH is 1. The summed E-state index contributed by atoms with van der Waals surface area (Å²) in [6, 6.07) is 13.4. The molecule has 2 bridgehead atoms. The van der Waals surface area contributed by atoms with Crippen molar-refractivity contribution in [2.24, 2.45) is 17.8 Å². The Kier molecular flexibility index (Phi) is 8.88. The summed E-state index contributed by atoms with van der Waals surface area (Å²) < 4.78 is 4.62. The number of ether oxygens (including phenoxy) is 1. The Morgan fingerprint density at radius 2 is 1.95 bits per heavy atom. The van der Waals surface area contributed by atoms with Crippen LogP contribution in [0.15, 0.2) is 73.8 Å². The monoisotopic (exact) mass is 608 g/mol. The van der Waals surface area contributed by atoms with Crippen molar-refractivity contribution in [3.63, 3.8) is 0 Å². The number of aryl methyl sites for hydroxylation is 1. The summed E-state index contributed by atoms with van der Waals surface area (Å²) in [4.78, 5) is 46.2. The second-order valence-corrected chi connectivity index (χ2v) is 13.3. The van der Waals surface area contributed by atoms with Crippen LogP contribution >= 0.6 is 23.4 Å². The molecule has 7 atom stereocenters. The third kappa shape index (κ3) is 4.87. The average Bonchev–Trinajstić information content (AvgIpc) is 3.58. The average molecular weight is 609 g/mol. The van der Waals surface area contributed by atoms with Crippen LogP contribution in [0.4, 0.5) is 5.69 Å². The van der Waals surface area contributed by atoms with E-state index in [4.69, 9.17) is 16.3 Å². The van der Waals surface area contributed by atoms with E-state index in [1.807, 2.05) is 49.4 Å². The van der Waals surface area contributed by atoms with Gasteiger partial charge in [0.05, 0.1) is 39.9 Å². The summed E-state index contributed by atoms with van der Waals surface area (Å²) in [5.74, 6) is -2.53. The zero-order valence-electron chi connectivity index (χ0n) is 23.9. The number of hydrogen-bond acceptors (Lipinski definition) is 6. The molecule has 3 saturated heterocycles. The van der Waals surface area contributed by atoms with Crippen LogP contribution in [0.5, 0.6) is 0 Å². The largest absolute Gasteiger partial charge is 0.461 e. The predicted molar refractivity (Wildman–Crippen MR) is 166 cm³/mol. The Bertz CT molecular complexity index is 1370. The quantitative estimate of drug-likeness (QED) is 0.290. The maximum atomic E-state index is 15.0. The van der Waals surface area contributed by atoms with Gasteiger partial charge in [-0.1, -0.05) is 79.7 Å². The molecule has 1 N–H and O–H groups in total. The number of carbonyl (C=O) groups is 3. The highest BCUT2D eigenvalue weighted by Crippen LogP contribution is 2.69. The van der Waals surface area contributed by atoms with Crippen molar-refractivity contribution in [1.29, 1.82) is 0 Å². The van der Waals surface area contributed by atoms with Gasteiger partial charge in [0.15, 0.2) is 0 Å². The van der Waals surface area contributed by atoms with Gasteiger partial charge in [0, 0.05) is 11.8 Å². The second kappa shape index (κ2) is 12.3. The van der Waals surface area contributed by atoms with Crippen LogP contribution in [0, 0.1) is 24.7 Å². The number of halogens is 1. The molecule has 1 spiro atoms. The molecule has 2 aromatic rings. The number of carbonyl (C=O) groups excluding carboxylic acids is 3. The minimum absolute atomic E-state index is 0.0437. The normalized spacial score (nSPS) is 28.3. The number of fused-ring (bicyclic) bond motifs is 1. The molecule has 3 unspecified atom stereocenters. The molecule has 42 heavy (non-hydrogen) atoms. The van der Waals surface area contributed by atoms with Crippen LogP contribution in [0.25, 0.3) is 0 Å². The predicted octanol–water partition coefficient (Wildman–Crippen LogP) is 4.84. The second-order valence-electron chi connectivity index (χ2n) is 11.4. The Morgan fingerprint density at radius 1 is 1.21 bits per heavy atom. The fourth-order valence-corrected chi connectivity index (χ4v) is 10.0. The highest BCUT2D eigenvalue weighted by molar-refractivity contribution is 8.02. The zero-order valence-corrected chi connectivity index (χ0v) is 25.5. The SMILES string of the molecule is C=CCOC(=O)[C@@H]1[C@@H]2CC(C)C3(S2)C(C(=O)N(CC=C)c2c(C)cccc2Cl)N([C@@H](CO)Cc2ccccc2)C(=O)[C@H]13. The standard InChI is InChI=1S/C33H37ClN2O5S/c1-5-15-35(28-20(3)11-10-14-24(28)34)31(39)29-33-21(4)17-25(42-33)26(32(40)41-16-6-2)27(33)30(38)36(29)23(19-37)18-22-12-8-7-9-13-22/h5-14,21,23,25-27,29,37H,1-2,15-19H2,3-4H3/t21?,23-,25+,26-,27+,29?,33?/m1/s1. The maximum Gasteiger partial charge on any atom is 0.311 e. The minimum Gasteiger partial charge on any atom is -0.461 e. The Morgan fingerprint density at radius 3 is 2.60 bits per heavy atom. The Hall–Kier alpha value is -3.07. The lowest BCUT2D eigenvalue weighted by Crippen LogP contribution is -2.59. The van der Waals surface area contributed by atoms with Crippen molar-refractivity contribution >= 4 is 46.8 Å². The van der Waals surface area contributed by atoms with Gasteiger partial charge in [0.25, 0.3) is 5.91 Å². The molecular weight excluding hydrogens is 572 g/mol. The first-order chi connectivity index (χ1) is 20.2. The summed E-state index contributed by atoms with van der Waals surface area (Å²) in [6.45, 7) is 11.4. The molecule has 222 valence electrons. The molecule has 3 heterocycles. The molecule has 3 fully saturated rings. The van der Waals surface area contributed by atoms with Gasteiger partial charge in [-0.25, -0.2) is 0 Å². The fraction of sp³-hybridized carbons (Fsp3) is 0.424. The number of esters is 1. The molecule has 2 amide bonds. The van der Waals surface area contributed by atoms with Crippen LogP contribution < -0.4 is 4.90 Å². The van der Waals surface area contributed by atoms with Crippen LogP contribution in [-0.4, -0.2) is 69.6 Å². The first-order valence-corrected chi connectivity index (χ1v) is 15.6. The Balaban J connectivity index is 1.66. The van der Waals surface area contributed by atoms with E-state index < -0.39 is 34.6 Å². The molecule has 0 aliphatic carbocycles. The lowest BCUT2D eigenvalue weighted by Gasteiger charge is -2.42. The maximum absolute atomic E-state index is 15.0. The van der Waals surface area contributed by atoms with Gasteiger partial charge in [-0.05, 0) is 42.9 Å². The van der Waals surface area contributed by atoms with Crippen molar-refractivity contribution in [1.82, 2.24) is 4.90 Å². The van der Waals surface area contributed by atoms with Gasteiger partial charge in [0.1, 0.15) is 12.6 Å². The summed E-state index contributed by atoms with van der Waals surface area (Å²) >= 11 is 8.25. The van der Waals surface area contributed by atoms with Crippen molar-refractivity contribution < 1.29 is 24.2 Å². The number of likely N-dealkylation sites (tertiary alicyclic amines) is 1. The number of aliphatic hydroxyl groups is 1. The third-order valence-electron chi connectivity index (χ3n) is 8.99. The van der Waals surface area contributed by atoms with E-state index in [0.29, 0.717) is 23.6 Å². The van der Waals surface area contributed by atoms with Crippen molar-refractivity contribution in [3.8, 4) is 0 Å². The van der Waals surface area contributed by atoms with Gasteiger partial charge in [0.2, 0.25) is 5.91 Å². The third-order valence-corrected chi connectivity index (χ3v) is 11.4. The molecule has 0 saturated carbocycles. The minimum atomic E-state index is -0.936. The molecular formula is C33H37ClN2O5S. The van der Waals surface area contributed by atoms with Crippen molar-refractivity contribution in [3.05, 3.63) is 90.0 Å². The van der Waals surface area contributed by atoms with Crippen molar-refractivity contribution in [2.75, 3.05) is 24.7 Å². The number of thioether (sulfide) groups is 1. The van der Waals surface area contributed by atoms with Crippen molar-refractivity contribution in [2.45, 2.75) is 48.8 Å². The molecule has 0 aromatic heterocycles. The van der Waals surface area contributed by atoms with E-state index >= 15 is 0 Å². The number of para-hydroxylation sites is 1. The van der Waals surface area contributed by atoms with Gasteiger partial charge in [-0.3, -0.25) is 14.4 Å².